The van der Waals surface area contributed by atoms with Gasteiger partial charge in [-0.25, -0.2) is 0 Å². The largest absolute Gasteiger partial charge is 0.0979 e. The van der Waals surface area contributed by atoms with E-state index in [-0.39, 0.29) is 0 Å². The van der Waals surface area contributed by atoms with Gasteiger partial charge in [-0.15, -0.1) is 0 Å². The van der Waals surface area contributed by atoms with E-state index in [1.807, 2.05) is 12.1 Å². The van der Waals surface area contributed by atoms with Crippen LogP contribution in [0.3, 0.4) is 0 Å². The van der Waals surface area contributed by atoms with Crippen molar-refractivity contribution in [3.8, 4) is 22.6 Å². The van der Waals surface area contributed by atoms with Crippen LogP contribution in [0.5, 0.6) is 0 Å². The molecule has 0 heterocycles. The lowest BCUT2D eigenvalue weighted by atomic mass is 10.0. The molecule has 0 nitrogen and oxygen atoms in total. The standard InChI is InChI=1S/C23H30Br2/c24-21-15-13-11-9-7-5-3-1-2-4-6-8-10-12-14-16-22-17-19-23(25)20-18-22/h17-20H,1-13H2. The Morgan fingerprint density at radius 1 is 0.600 bits per heavy atom. The first-order valence-electron chi connectivity index (χ1n) is 9.66. The van der Waals surface area contributed by atoms with E-state index >= 15 is 0 Å². The lowest BCUT2D eigenvalue weighted by Gasteiger charge is -2.01. The molecule has 25 heavy (non-hydrogen) atoms. The number of benzene rings is 1. The third-order valence-corrected chi connectivity index (χ3v) is 5.06. The third-order valence-electron chi connectivity index (χ3n) is 4.25. The Balaban J connectivity index is 1.83. The van der Waals surface area contributed by atoms with Crippen molar-refractivity contribution in [2.45, 2.75) is 83.5 Å². The first-order valence-corrected chi connectivity index (χ1v) is 11.2. The lowest BCUT2D eigenvalue weighted by molar-refractivity contribution is 0.548. The van der Waals surface area contributed by atoms with Crippen molar-refractivity contribution in [1.29, 1.82) is 0 Å². The predicted octanol–water partition coefficient (Wildman–Crippen LogP) is 8.23. The van der Waals surface area contributed by atoms with E-state index in [0.29, 0.717) is 0 Å². The SMILES string of the molecule is BrC#CCCCCCCCCCCCCCC#Cc1ccc(Br)cc1. The highest BCUT2D eigenvalue weighted by Gasteiger charge is 1.93. The fraction of sp³-hybridized carbons (Fsp3) is 0.565. The molecule has 0 saturated heterocycles. The quantitative estimate of drug-likeness (QED) is 0.215. The molecule has 0 aromatic heterocycles. The first-order chi connectivity index (χ1) is 12.3. The van der Waals surface area contributed by atoms with Gasteiger partial charge >= 0.3 is 0 Å². The van der Waals surface area contributed by atoms with Crippen molar-refractivity contribution in [3.63, 3.8) is 0 Å². The average molecular weight is 466 g/mol. The Bertz CT molecular complexity index is 552. The fourth-order valence-electron chi connectivity index (χ4n) is 2.76. The number of hydrogen-bond acceptors (Lipinski definition) is 0. The summed E-state index contributed by atoms with van der Waals surface area (Å²) < 4.78 is 1.11. The van der Waals surface area contributed by atoms with Gasteiger partial charge in [0.25, 0.3) is 0 Å². The summed E-state index contributed by atoms with van der Waals surface area (Å²) in [6, 6.07) is 8.22. The van der Waals surface area contributed by atoms with Crippen molar-refractivity contribution in [1.82, 2.24) is 0 Å². The summed E-state index contributed by atoms with van der Waals surface area (Å²) >= 11 is 6.58. The fourth-order valence-corrected chi connectivity index (χ4v) is 3.23. The van der Waals surface area contributed by atoms with Gasteiger partial charge in [0.2, 0.25) is 0 Å². The van der Waals surface area contributed by atoms with Crippen LogP contribution >= 0.6 is 31.9 Å². The van der Waals surface area contributed by atoms with E-state index in [9.17, 15) is 0 Å². The molecule has 0 aliphatic heterocycles. The van der Waals surface area contributed by atoms with Gasteiger partial charge in [0.05, 0.1) is 0 Å². The van der Waals surface area contributed by atoms with Gasteiger partial charge in [-0.05, 0) is 41.9 Å². The lowest BCUT2D eigenvalue weighted by Crippen LogP contribution is -1.82. The van der Waals surface area contributed by atoms with Gasteiger partial charge in [-0.2, -0.15) is 0 Å². The molecular weight excluding hydrogens is 436 g/mol. The molecule has 0 saturated carbocycles. The zero-order valence-electron chi connectivity index (χ0n) is 15.3. The van der Waals surface area contributed by atoms with E-state index in [1.165, 1.54) is 70.6 Å². The van der Waals surface area contributed by atoms with E-state index in [4.69, 9.17) is 0 Å². The zero-order valence-corrected chi connectivity index (χ0v) is 18.4. The van der Waals surface area contributed by atoms with Gasteiger partial charge in [0.15, 0.2) is 0 Å². The van der Waals surface area contributed by atoms with Gasteiger partial charge in [0, 0.05) is 38.8 Å². The molecule has 0 unspecified atom stereocenters. The first kappa shape index (κ1) is 22.3. The predicted molar refractivity (Wildman–Crippen MR) is 118 cm³/mol. The van der Waals surface area contributed by atoms with Gasteiger partial charge in [-0.3, -0.25) is 0 Å². The van der Waals surface area contributed by atoms with E-state index in [1.54, 1.807) is 0 Å². The summed E-state index contributed by atoms with van der Waals surface area (Å²) in [4.78, 5) is 2.78. The molecule has 0 aliphatic carbocycles. The molecule has 2 heteroatoms. The highest BCUT2D eigenvalue weighted by Crippen LogP contribution is 2.13. The maximum atomic E-state index is 3.44. The van der Waals surface area contributed by atoms with Crippen molar-refractivity contribution in [3.05, 3.63) is 34.3 Å². The van der Waals surface area contributed by atoms with Gasteiger partial charge in [-0.1, -0.05) is 91.5 Å². The van der Waals surface area contributed by atoms with Crippen molar-refractivity contribution in [2.24, 2.45) is 0 Å². The second-order valence-electron chi connectivity index (χ2n) is 6.47. The van der Waals surface area contributed by atoms with Crippen molar-refractivity contribution in [2.75, 3.05) is 0 Å². The van der Waals surface area contributed by atoms with Crippen molar-refractivity contribution >= 4 is 31.9 Å². The molecule has 0 spiro atoms. The van der Waals surface area contributed by atoms with Gasteiger partial charge in [0.1, 0.15) is 0 Å². The minimum absolute atomic E-state index is 1.02. The van der Waals surface area contributed by atoms with Crippen LogP contribution in [0, 0.1) is 22.6 Å². The Hall–Kier alpha value is -0.700. The summed E-state index contributed by atoms with van der Waals surface area (Å²) in [6.45, 7) is 0. The topological polar surface area (TPSA) is 0 Å². The van der Waals surface area contributed by atoms with Crippen molar-refractivity contribution < 1.29 is 0 Å². The summed E-state index contributed by atoms with van der Waals surface area (Å²) in [5.74, 6) is 9.58. The zero-order chi connectivity index (χ0) is 18.0. The van der Waals surface area contributed by atoms with E-state index in [0.717, 1.165) is 22.9 Å². The maximum Gasteiger partial charge on any atom is 0.0246 e. The highest BCUT2D eigenvalue weighted by molar-refractivity contribution is 9.12. The second-order valence-corrected chi connectivity index (χ2v) is 7.78. The smallest absolute Gasteiger partial charge is 0.0246 e. The molecule has 1 aromatic carbocycles. The highest BCUT2D eigenvalue weighted by atomic mass is 79.9. The van der Waals surface area contributed by atoms with Crippen LogP contribution in [0.4, 0.5) is 0 Å². The summed E-state index contributed by atoms with van der Waals surface area (Å²) in [5, 5.41) is 0. The Morgan fingerprint density at radius 3 is 1.52 bits per heavy atom. The Kier molecular flexibility index (Phi) is 15.0. The Labute approximate surface area is 171 Å². The molecule has 136 valence electrons. The minimum Gasteiger partial charge on any atom is -0.0979 e. The summed E-state index contributed by atoms with van der Waals surface area (Å²) in [5.41, 5.74) is 1.11. The van der Waals surface area contributed by atoms with Crippen LogP contribution < -0.4 is 0 Å². The number of rotatable bonds is 12. The number of hydrogen-bond donors (Lipinski definition) is 0. The molecule has 0 aliphatic rings. The monoisotopic (exact) mass is 464 g/mol. The van der Waals surface area contributed by atoms with Crippen LogP contribution in [0.25, 0.3) is 0 Å². The van der Waals surface area contributed by atoms with Crippen LogP contribution in [0.2, 0.25) is 0 Å². The maximum absolute atomic E-state index is 3.44. The minimum atomic E-state index is 1.02. The van der Waals surface area contributed by atoms with E-state index in [2.05, 4.69) is 66.6 Å². The van der Waals surface area contributed by atoms with Crippen LogP contribution in [-0.4, -0.2) is 0 Å². The molecule has 0 N–H and O–H groups in total. The van der Waals surface area contributed by atoms with Crippen LogP contribution in [0.15, 0.2) is 28.7 Å². The second kappa shape index (κ2) is 16.8. The van der Waals surface area contributed by atoms with Crippen LogP contribution in [0.1, 0.15) is 89.0 Å². The molecule has 0 bridgehead atoms. The molecule has 0 radical (unpaired) electrons. The summed E-state index contributed by atoms with van der Waals surface area (Å²) in [6.07, 6.45) is 17.0. The molecule has 1 aromatic rings. The normalized spacial score (nSPS) is 9.84. The van der Waals surface area contributed by atoms with Gasteiger partial charge < -0.3 is 0 Å². The molecule has 0 atom stereocenters. The molecular formula is C23H30Br2. The summed E-state index contributed by atoms with van der Waals surface area (Å²) in [7, 11) is 0. The number of halogens is 2. The number of unbranched alkanes of at least 4 members (excludes halogenated alkanes) is 12. The molecule has 0 amide bonds. The Morgan fingerprint density at radius 2 is 1.04 bits per heavy atom. The van der Waals surface area contributed by atoms with Crippen LogP contribution in [-0.2, 0) is 0 Å². The third kappa shape index (κ3) is 14.2. The average Bonchev–Trinajstić information content (AvgIpc) is 2.63. The van der Waals surface area contributed by atoms with E-state index < -0.39 is 0 Å². The molecule has 1 rings (SSSR count). The molecule has 0 fully saturated rings.